The van der Waals surface area contributed by atoms with E-state index in [9.17, 15) is 14.4 Å². The largest absolute Gasteiger partial charge is 0.497 e. The Hall–Kier alpha value is -5.45. The van der Waals surface area contributed by atoms with Crippen molar-refractivity contribution in [2.75, 3.05) is 28.6 Å². The molecule has 202 valence electrons. The van der Waals surface area contributed by atoms with Gasteiger partial charge in [-0.05, 0) is 48.5 Å². The Morgan fingerprint density at radius 1 is 0.900 bits per heavy atom. The Morgan fingerprint density at radius 3 is 2.23 bits per heavy atom. The van der Waals surface area contributed by atoms with Crippen LogP contribution in [0.3, 0.4) is 0 Å². The Balaban J connectivity index is 1.57. The number of amides is 3. The number of aromatic nitrogens is 2. The third-order valence-electron chi connectivity index (χ3n) is 6.03. The third kappa shape index (κ3) is 5.39. The molecule has 0 spiro atoms. The molecule has 0 bridgehead atoms. The summed E-state index contributed by atoms with van der Waals surface area (Å²) < 4.78 is 15.2. The summed E-state index contributed by atoms with van der Waals surface area (Å²) in [5.41, 5.74) is 2.33. The number of anilines is 5. The number of carbonyl (C=O) groups is 3. The molecule has 3 aromatic carbocycles. The molecule has 0 saturated heterocycles. The third-order valence-corrected chi connectivity index (χ3v) is 6.03. The lowest BCUT2D eigenvalue weighted by atomic mass is 10.1. The van der Waals surface area contributed by atoms with Crippen molar-refractivity contribution in [2.45, 2.75) is 13.5 Å². The molecule has 1 aromatic heterocycles. The smallest absolute Gasteiger partial charge is 0.424 e. The highest BCUT2D eigenvalue weighted by Gasteiger charge is 2.35. The fraction of sp³-hybridized carbons (Fsp3) is 0.138. The number of urea groups is 1. The molecule has 0 radical (unpaired) electrons. The topological polar surface area (TPSA) is 114 Å². The van der Waals surface area contributed by atoms with Crippen LogP contribution in [-0.4, -0.2) is 42.0 Å². The van der Waals surface area contributed by atoms with Gasteiger partial charge in [-0.25, -0.2) is 24.4 Å². The van der Waals surface area contributed by atoms with Crippen LogP contribution in [0.15, 0.2) is 91.1 Å². The Morgan fingerprint density at radius 2 is 1.57 bits per heavy atom. The van der Waals surface area contributed by atoms with Gasteiger partial charge in [0.25, 0.3) is 0 Å². The molecule has 0 saturated carbocycles. The molecule has 1 aliphatic heterocycles. The fourth-order valence-corrected chi connectivity index (χ4v) is 4.13. The van der Waals surface area contributed by atoms with E-state index in [0.717, 1.165) is 4.90 Å². The van der Waals surface area contributed by atoms with E-state index < -0.39 is 18.9 Å². The zero-order valence-corrected chi connectivity index (χ0v) is 21.8. The molecule has 5 rings (SSSR count). The van der Waals surface area contributed by atoms with Crippen LogP contribution in [0, 0.1) is 0 Å². The zero-order chi connectivity index (χ0) is 28.1. The predicted molar refractivity (Wildman–Crippen MR) is 147 cm³/mol. The summed E-state index contributed by atoms with van der Waals surface area (Å²) in [4.78, 5) is 51.6. The number of ether oxygens (including phenoxy) is 3. The monoisotopic (exact) mass is 539 g/mol. The maximum Gasteiger partial charge on any atom is 0.424 e. The maximum absolute atomic E-state index is 13.9. The minimum absolute atomic E-state index is 0.0237. The average Bonchev–Trinajstić information content (AvgIpc) is 2.98. The van der Waals surface area contributed by atoms with Crippen molar-refractivity contribution in [2.24, 2.45) is 0 Å². The molecule has 40 heavy (non-hydrogen) atoms. The average molecular weight is 540 g/mol. The highest BCUT2D eigenvalue weighted by atomic mass is 16.7. The Kier molecular flexibility index (Phi) is 7.54. The summed E-state index contributed by atoms with van der Waals surface area (Å²) in [6.45, 7) is 0.833. The van der Waals surface area contributed by atoms with Gasteiger partial charge in [0.15, 0.2) is 5.82 Å². The van der Waals surface area contributed by atoms with E-state index in [2.05, 4.69) is 9.97 Å². The molecule has 0 atom stereocenters. The van der Waals surface area contributed by atoms with Gasteiger partial charge in [0, 0.05) is 24.4 Å². The van der Waals surface area contributed by atoms with E-state index in [4.69, 9.17) is 14.2 Å². The molecular weight excluding hydrogens is 514 g/mol. The molecule has 2 heterocycles. The molecule has 0 aliphatic carbocycles. The number of para-hydroxylation sites is 2. The van der Waals surface area contributed by atoms with Crippen LogP contribution >= 0.6 is 0 Å². The second-order valence-electron chi connectivity index (χ2n) is 8.59. The van der Waals surface area contributed by atoms with Crippen molar-refractivity contribution in [1.82, 2.24) is 9.97 Å². The molecule has 1 aliphatic rings. The number of methoxy groups -OCH3 is 1. The summed E-state index contributed by atoms with van der Waals surface area (Å²) in [5, 5.41) is 0. The van der Waals surface area contributed by atoms with E-state index in [0.29, 0.717) is 34.2 Å². The fourth-order valence-electron chi connectivity index (χ4n) is 4.13. The molecule has 0 fully saturated rings. The first-order valence-electron chi connectivity index (χ1n) is 12.3. The van der Waals surface area contributed by atoms with Gasteiger partial charge in [-0.1, -0.05) is 36.4 Å². The molecule has 0 unspecified atom stereocenters. The first kappa shape index (κ1) is 26.2. The van der Waals surface area contributed by atoms with Crippen molar-refractivity contribution in [3.05, 3.63) is 96.7 Å². The second-order valence-corrected chi connectivity index (χ2v) is 8.59. The van der Waals surface area contributed by atoms with Gasteiger partial charge < -0.3 is 14.2 Å². The quantitative estimate of drug-likeness (QED) is 0.222. The number of benzene rings is 3. The maximum atomic E-state index is 13.9. The van der Waals surface area contributed by atoms with E-state index in [1.54, 1.807) is 84.9 Å². The highest BCUT2D eigenvalue weighted by Crippen LogP contribution is 2.37. The lowest BCUT2D eigenvalue weighted by Crippen LogP contribution is -2.45. The number of esters is 1. The lowest BCUT2D eigenvalue weighted by Gasteiger charge is -2.36. The van der Waals surface area contributed by atoms with Crippen LogP contribution in [0.25, 0.3) is 0 Å². The number of nitrogens with zero attached hydrogens (tertiary/aromatic N) is 5. The van der Waals surface area contributed by atoms with E-state index in [1.807, 2.05) is 18.2 Å². The van der Waals surface area contributed by atoms with Gasteiger partial charge in [-0.3, -0.25) is 9.69 Å². The first-order chi connectivity index (χ1) is 19.5. The van der Waals surface area contributed by atoms with Crippen molar-refractivity contribution in [3.63, 3.8) is 0 Å². The summed E-state index contributed by atoms with van der Waals surface area (Å²) in [6.07, 6.45) is 0.715. The molecule has 11 heteroatoms. The summed E-state index contributed by atoms with van der Waals surface area (Å²) >= 11 is 0. The van der Waals surface area contributed by atoms with Crippen LogP contribution in [0.1, 0.15) is 12.5 Å². The zero-order valence-electron chi connectivity index (χ0n) is 21.8. The molecular formula is C29H25N5O6. The Bertz CT molecular complexity index is 1520. The highest BCUT2D eigenvalue weighted by molar-refractivity contribution is 6.10. The van der Waals surface area contributed by atoms with Crippen molar-refractivity contribution < 1.29 is 28.6 Å². The first-order valence-corrected chi connectivity index (χ1v) is 12.3. The Labute approximate surface area is 230 Å². The standard InChI is InChI=1S/C29H25N5O6/c1-20(35)39-19-40-29(37)34(24-11-7-4-8-12-24)27-30-17-21-18-32(22-13-15-25(38-2)16-14-22)28(36)33(26(21)31-27)23-9-5-3-6-10-23/h3-17H,18-19H2,1-2H3. The van der Waals surface area contributed by atoms with Gasteiger partial charge in [0.05, 0.1) is 25.0 Å². The minimum atomic E-state index is -0.861. The van der Waals surface area contributed by atoms with Crippen LogP contribution < -0.4 is 19.4 Å². The number of hydrogen-bond acceptors (Lipinski definition) is 8. The summed E-state index contributed by atoms with van der Waals surface area (Å²) in [5.74, 6) is 0.370. The van der Waals surface area contributed by atoms with Crippen LogP contribution in [-0.2, 0) is 20.8 Å². The minimum Gasteiger partial charge on any atom is -0.497 e. The van der Waals surface area contributed by atoms with Crippen molar-refractivity contribution in [1.29, 1.82) is 0 Å². The summed E-state index contributed by atoms with van der Waals surface area (Å²) in [7, 11) is 1.58. The lowest BCUT2D eigenvalue weighted by molar-refractivity contribution is -0.148. The van der Waals surface area contributed by atoms with Crippen LogP contribution in [0.5, 0.6) is 5.75 Å². The van der Waals surface area contributed by atoms with Crippen LogP contribution in [0.2, 0.25) is 0 Å². The summed E-state index contributed by atoms with van der Waals surface area (Å²) in [6, 6.07) is 24.6. The number of rotatable bonds is 7. The van der Waals surface area contributed by atoms with E-state index in [-0.39, 0.29) is 18.5 Å². The molecule has 0 N–H and O–H groups in total. The van der Waals surface area contributed by atoms with Gasteiger partial charge in [0.2, 0.25) is 12.7 Å². The molecule has 4 aromatic rings. The van der Waals surface area contributed by atoms with Gasteiger partial charge >= 0.3 is 18.1 Å². The van der Waals surface area contributed by atoms with Crippen LogP contribution in [0.4, 0.5) is 38.4 Å². The second kappa shape index (κ2) is 11.5. The van der Waals surface area contributed by atoms with Crippen molar-refractivity contribution in [3.8, 4) is 5.75 Å². The number of hydrogen-bond donors (Lipinski definition) is 0. The van der Waals surface area contributed by atoms with Gasteiger partial charge in [-0.2, -0.15) is 4.98 Å². The number of carbonyl (C=O) groups excluding carboxylic acids is 3. The predicted octanol–water partition coefficient (Wildman–Crippen LogP) is 5.56. The van der Waals surface area contributed by atoms with Gasteiger partial charge in [0.1, 0.15) is 5.75 Å². The number of fused-ring (bicyclic) bond motifs is 1. The molecule has 3 amide bonds. The van der Waals surface area contributed by atoms with Gasteiger partial charge in [-0.15, -0.1) is 0 Å². The van der Waals surface area contributed by atoms with Crippen molar-refractivity contribution >= 4 is 46.9 Å². The normalized spacial score (nSPS) is 12.4. The van der Waals surface area contributed by atoms with E-state index >= 15 is 0 Å². The SMILES string of the molecule is COc1ccc(N2Cc3cnc(N(C(=O)OCOC(C)=O)c4ccccc4)nc3N(c3ccccc3)C2=O)cc1. The molecule has 11 nitrogen and oxygen atoms in total. The van der Waals surface area contributed by atoms with E-state index in [1.165, 1.54) is 11.8 Å².